The lowest BCUT2D eigenvalue weighted by Crippen LogP contribution is -2.30. The van der Waals surface area contributed by atoms with Gasteiger partial charge in [-0.15, -0.1) is 0 Å². The first-order valence-electron chi connectivity index (χ1n) is 6.81. The van der Waals surface area contributed by atoms with Gasteiger partial charge in [-0.1, -0.05) is 40.2 Å². The summed E-state index contributed by atoms with van der Waals surface area (Å²) in [5.41, 5.74) is 6.18. The van der Waals surface area contributed by atoms with E-state index < -0.39 is 0 Å². The third kappa shape index (κ3) is 2.85. The van der Waals surface area contributed by atoms with Crippen LogP contribution in [0.25, 0.3) is 11.0 Å². The number of imidazole rings is 1. The van der Waals surface area contributed by atoms with Gasteiger partial charge in [0, 0.05) is 17.9 Å². The highest BCUT2D eigenvalue weighted by Crippen LogP contribution is 2.23. The number of rotatable bonds is 4. The van der Waals surface area contributed by atoms with E-state index in [4.69, 9.17) is 10.8 Å². The molecular formula is C16H17BrN4. The van der Waals surface area contributed by atoms with Crippen LogP contribution in [0.1, 0.15) is 17.4 Å². The summed E-state index contributed by atoms with van der Waals surface area (Å²) in [6, 6.07) is 16.3. The van der Waals surface area contributed by atoms with Crippen molar-refractivity contribution in [2.75, 3.05) is 0 Å². The van der Waals surface area contributed by atoms with Crippen molar-refractivity contribution in [1.82, 2.24) is 15.0 Å². The van der Waals surface area contributed by atoms with Crippen LogP contribution in [0.2, 0.25) is 0 Å². The van der Waals surface area contributed by atoms with E-state index in [-0.39, 0.29) is 6.04 Å². The maximum Gasteiger partial charge on any atom is 0.111 e. The second kappa shape index (κ2) is 5.97. The predicted molar refractivity (Wildman–Crippen MR) is 88.6 cm³/mol. The topological polar surface area (TPSA) is 55.9 Å². The van der Waals surface area contributed by atoms with Crippen LogP contribution in [-0.2, 0) is 13.5 Å². The Morgan fingerprint density at radius 3 is 2.76 bits per heavy atom. The van der Waals surface area contributed by atoms with Gasteiger partial charge in [0.25, 0.3) is 0 Å². The van der Waals surface area contributed by atoms with E-state index in [0.717, 1.165) is 33.3 Å². The maximum absolute atomic E-state index is 5.74. The number of aromatic nitrogens is 2. The third-order valence-corrected chi connectivity index (χ3v) is 4.21. The number of nitrogens with two attached hydrogens (primary N) is 1. The monoisotopic (exact) mass is 344 g/mol. The van der Waals surface area contributed by atoms with Crippen molar-refractivity contribution in [3.05, 3.63) is 64.4 Å². The van der Waals surface area contributed by atoms with Gasteiger partial charge in [0.05, 0.1) is 17.1 Å². The minimum atomic E-state index is 0.0259. The largest absolute Gasteiger partial charge is 0.331 e. The Morgan fingerprint density at radius 2 is 2.05 bits per heavy atom. The normalized spacial score (nSPS) is 12.7. The zero-order chi connectivity index (χ0) is 14.8. The van der Waals surface area contributed by atoms with Gasteiger partial charge in [-0.2, -0.15) is 0 Å². The van der Waals surface area contributed by atoms with Gasteiger partial charge < -0.3 is 4.57 Å². The molecule has 0 amide bonds. The molecule has 3 N–H and O–H groups in total. The van der Waals surface area contributed by atoms with Crippen LogP contribution < -0.4 is 11.3 Å². The predicted octanol–water partition coefficient (Wildman–Crippen LogP) is 3.08. The fraction of sp³-hybridized carbons (Fsp3) is 0.188. The van der Waals surface area contributed by atoms with Gasteiger partial charge in [0.2, 0.25) is 0 Å². The van der Waals surface area contributed by atoms with Crippen LogP contribution in [0, 0.1) is 0 Å². The highest BCUT2D eigenvalue weighted by atomic mass is 79.9. The van der Waals surface area contributed by atoms with E-state index >= 15 is 0 Å². The Labute approximate surface area is 132 Å². The number of hydrazine groups is 1. The first kappa shape index (κ1) is 14.3. The molecule has 0 bridgehead atoms. The zero-order valence-electron chi connectivity index (χ0n) is 11.8. The maximum atomic E-state index is 5.74. The van der Waals surface area contributed by atoms with Crippen molar-refractivity contribution >= 4 is 27.0 Å². The number of benzene rings is 2. The Hall–Kier alpha value is -1.69. The van der Waals surface area contributed by atoms with Gasteiger partial charge >= 0.3 is 0 Å². The molecular weight excluding hydrogens is 328 g/mol. The van der Waals surface area contributed by atoms with Crippen molar-refractivity contribution < 1.29 is 0 Å². The van der Waals surface area contributed by atoms with Crippen LogP contribution in [-0.4, -0.2) is 9.55 Å². The highest BCUT2D eigenvalue weighted by Gasteiger charge is 2.15. The van der Waals surface area contributed by atoms with Crippen LogP contribution in [0.15, 0.2) is 53.0 Å². The minimum Gasteiger partial charge on any atom is -0.331 e. The first-order chi connectivity index (χ1) is 10.2. The lowest BCUT2D eigenvalue weighted by Gasteiger charge is -2.16. The molecule has 4 nitrogen and oxygen atoms in total. The minimum absolute atomic E-state index is 0.0259. The summed E-state index contributed by atoms with van der Waals surface area (Å²) >= 11 is 3.50. The van der Waals surface area contributed by atoms with Gasteiger partial charge in [-0.3, -0.25) is 11.3 Å². The molecule has 0 aliphatic heterocycles. The number of halogens is 1. The Morgan fingerprint density at radius 1 is 1.24 bits per heavy atom. The molecule has 0 saturated heterocycles. The second-order valence-electron chi connectivity index (χ2n) is 5.05. The zero-order valence-corrected chi connectivity index (χ0v) is 13.3. The van der Waals surface area contributed by atoms with Gasteiger partial charge in [0.1, 0.15) is 5.82 Å². The van der Waals surface area contributed by atoms with Crippen molar-refractivity contribution in [3.63, 3.8) is 0 Å². The second-order valence-corrected chi connectivity index (χ2v) is 5.97. The van der Waals surface area contributed by atoms with E-state index in [1.807, 2.05) is 37.4 Å². The van der Waals surface area contributed by atoms with Crippen molar-refractivity contribution in [3.8, 4) is 0 Å². The molecule has 1 atom stereocenters. The fourth-order valence-electron chi connectivity index (χ4n) is 2.56. The molecule has 3 rings (SSSR count). The quantitative estimate of drug-likeness (QED) is 0.564. The molecule has 5 heteroatoms. The third-order valence-electron chi connectivity index (χ3n) is 3.72. The molecule has 1 unspecified atom stereocenters. The summed E-state index contributed by atoms with van der Waals surface area (Å²) in [4.78, 5) is 4.70. The summed E-state index contributed by atoms with van der Waals surface area (Å²) < 4.78 is 3.17. The van der Waals surface area contributed by atoms with Gasteiger partial charge in [-0.05, 0) is 29.8 Å². The molecule has 0 aliphatic carbocycles. The van der Waals surface area contributed by atoms with Crippen molar-refractivity contribution in [2.24, 2.45) is 12.9 Å². The van der Waals surface area contributed by atoms with E-state index in [1.54, 1.807) is 0 Å². The van der Waals surface area contributed by atoms with Gasteiger partial charge in [0.15, 0.2) is 0 Å². The molecule has 0 aliphatic rings. The Balaban J connectivity index is 1.94. The van der Waals surface area contributed by atoms with E-state index in [2.05, 4.69) is 44.1 Å². The van der Waals surface area contributed by atoms with E-state index in [1.165, 1.54) is 0 Å². The van der Waals surface area contributed by atoms with Gasteiger partial charge in [-0.25, -0.2) is 4.98 Å². The van der Waals surface area contributed by atoms with Crippen molar-refractivity contribution in [1.29, 1.82) is 0 Å². The number of hydrogen-bond acceptors (Lipinski definition) is 3. The smallest absolute Gasteiger partial charge is 0.111 e. The van der Waals surface area contributed by atoms with E-state index in [9.17, 15) is 0 Å². The molecule has 21 heavy (non-hydrogen) atoms. The molecule has 0 radical (unpaired) electrons. The number of aryl methyl sites for hydroxylation is 1. The van der Waals surface area contributed by atoms with Crippen LogP contribution in [0.5, 0.6) is 0 Å². The number of hydrogen-bond donors (Lipinski definition) is 2. The number of para-hydroxylation sites is 2. The number of nitrogens with zero attached hydrogens (tertiary/aromatic N) is 2. The van der Waals surface area contributed by atoms with Crippen molar-refractivity contribution in [2.45, 2.75) is 12.5 Å². The lowest BCUT2D eigenvalue weighted by molar-refractivity contribution is 0.531. The average molecular weight is 345 g/mol. The summed E-state index contributed by atoms with van der Waals surface area (Å²) in [6.07, 6.45) is 0.734. The standard InChI is InChI=1S/C16H17BrN4/c1-21-15-8-3-2-7-13(15)19-16(21)10-14(20-18)11-5-4-6-12(17)9-11/h2-9,14,20H,10,18H2,1H3. The molecule has 1 heterocycles. The molecule has 0 spiro atoms. The molecule has 0 saturated carbocycles. The number of fused-ring (bicyclic) bond motifs is 1. The molecule has 2 aromatic carbocycles. The summed E-state index contributed by atoms with van der Waals surface area (Å²) in [5.74, 6) is 6.76. The molecule has 3 aromatic rings. The summed E-state index contributed by atoms with van der Waals surface area (Å²) in [5, 5.41) is 0. The Bertz CT molecular complexity index is 766. The van der Waals surface area contributed by atoms with Crippen LogP contribution in [0.3, 0.4) is 0 Å². The summed E-state index contributed by atoms with van der Waals surface area (Å²) in [6.45, 7) is 0. The molecule has 1 aromatic heterocycles. The first-order valence-corrected chi connectivity index (χ1v) is 7.60. The SMILES string of the molecule is Cn1c(CC(NN)c2cccc(Br)c2)nc2ccccc21. The van der Waals surface area contributed by atoms with E-state index in [0.29, 0.717) is 0 Å². The number of nitrogens with one attached hydrogen (secondary N) is 1. The highest BCUT2D eigenvalue weighted by molar-refractivity contribution is 9.10. The molecule has 108 valence electrons. The molecule has 0 fully saturated rings. The Kier molecular flexibility index (Phi) is 4.05. The van der Waals surface area contributed by atoms with Crippen LogP contribution in [0.4, 0.5) is 0 Å². The lowest BCUT2D eigenvalue weighted by atomic mass is 10.0. The average Bonchev–Trinajstić information content (AvgIpc) is 2.81. The van der Waals surface area contributed by atoms with Crippen LogP contribution >= 0.6 is 15.9 Å². The summed E-state index contributed by atoms with van der Waals surface area (Å²) in [7, 11) is 2.04. The fourth-order valence-corrected chi connectivity index (χ4v) is 2.97.